The molecular formula is C24H32N4O2S. The molecule has 0 spiro atoms. The van der Waals surface area contributed by atoms with Crippen LogP contribution in [0.15, 0.2) is 54.6 Å². The van der Waals surface area contributed by atoms with E-state index in [-0.39, 0.29) is 16.8 Å². The highest BCUT2D eigenvalue weighted by Gasteiger charge is 2.36. The van der Waals surface area contributed by atoms with Crippen LogP contribution in [0.4, 0.5) is 5.69 Å². The Morgan fingerprint density at radius 3 is 2.42 bits per heavy atom. The number of likely N-dealkylation sites (N-methyl/N-ethyl adjacent to an activating group) is 1. The highest BCUT2D eigenvalue weighted by molar-refractivity contribution is 7.99. The average molecular weight is 441 g/mol. The fraction of sp³-hybridized carbons (Fsp3) is 0.417. The van der Waals surface area contributed by atoms with Gasteiger partial charge in [0, 0.05) is 30.8 Å². The van der Waals surface area contributed by atoms with E-state index in [1.165, 1.54) is 0 Å². The Hall–Kier alpha value is -2.51. The van der Waals surface area contributed by atoms with Crippen LogP contribution in [0.1, 0.15) is 28.8 Å². The first-order valence-corrected chi connectivity index (χ1v) is 11.8. The van der Waals surface area contributed by atoms with E-state index < -0.39 is 5.91 Å². The first-order valence-electron chi connectivity index (χ1n) is 10.6. The van der Waals surface area contributed by atoms with Crippen LogP contribution in [-0.4, -0.2) is 61.1 Å². The monoisotopic (exact) mass is 440 g/mol. The molecule has 166 valence electrons. The Labute approximate surface area is 189 Å². The Balaban J connectivity index is 1.70. The molecule has 0 radical (unpaired) electrons. The minimum absolute atomic E-state index is 0.0747. The maximum absolute atomic E-state index is 13.2. The molecule has 0 aromatic heterocycles. The van der Waals surface area contributed by atoms with Gasteiger partial charge in [-0.2, -0.15) is 0 Å². The maximum atomic E-state index is 13.2. The van der Waals surface area contributed by atoms with E-state index >= 15 is 0 Å². The molecule has 1 saturated heterocycles. The number of hydrogen-bond donors (Lipinski definition) is 2. The van der Waals surface area contributed by atoms with Crippen molar-refractivity contribution in [3.8, 4) is 0 Å². The van der Waals surface area contributed by atoms with Crippen molar-refractivity contribution in [3.63, 3.8) is 0 Å². The molecule has 2 amide bonds. The van der Waals surface area contributed by atoms with E-state index in [1.807, 2.05) is 44.4 Å². The second-order valence-corrected chi connectivity index (χ2v) is 9.36. The molecule has 0 bridgehead atoms. The van der Waals surface area contributed by atoms with Gasteiger partial charge < -0.3 is 16.0 Å². The summed E-state index contributed by atoms with van der Waals surface area (Å²) in [5, 5.41) is 3.23. The third-order valence-corrected chi connectivity index (χ3v) is 7.51. The van der Waals surface area contributed by atoms with Crippen LogP contribution in [0.25, 0.3) is 0 Å². The van der Waals surface area contributed by atoms with E-state index in [1.54, 1.807) is 23.9 Å². The molecule has 1 heterocycles. The molecule has 6 nitrogen and oxygen atoms in total. The Kier molecular flexibility index (Phi) is 7.62. The molecule has 3 rings (SSSR count). The number of rotatable bonds is 9. The number of para-hydroxylation sites is 1. The summed E-state index contributed by atoms with van der Waals surface area (Å²) in [6.07, 6.45) is 4.67. The molecule has 2 atom stereocenters. The van der Waals surface area contributed by atoms with Crippen molar-refractivity contribution in [2.75, 3.05) is 38.3 Å². The quantitative estimate of drug-likeness (QED) is 0.586. The summed E-state index contributed by atoms with van der Waals surface area (Å²) in [6.45, 7) is 1.42. The Bertz CT molecular complexity index is 888. The number of nitrogens with one attached hydrogen (secondary N) is 1. The van der Waals surface area contributed by atoms with Gasteiger partial charge in [0.05, 0.1) is 4.87 Å². The summed E-state index contributed by atoms with van der Waals surface area (Å²) >= 11 is 1.72. The van der Waals surface area contributed by atoms with Crippen LogP contribution in [0.2, 0.25) is 0 Å². The van der Waals surface area contributed by atoms with Gasteiger partial charge in [0.15, 0.2) is 0 Å². The van der Waals surface area contributed by atoms with Crippen molar-refractivity contribution in [1.29, 1.82) is 0 Å². The van der Waals surface area contributed by atoms with Gasteiger partial charge in [0.2, 0.25) is 11.8 Å². The lowest BCUT2D eigenvalue weighted by molar-refractivity contribution is -0.122. The zero-order valence-corrected chi connectivity index (χ0v) is 19.3. The summed E-state index contributed by atoms with van der Waals surface area (Å²) in [4.78, 5) is 28.6. The van der Waals surface area contributed by atoms with Crippen LogP contribution in [0, 0.1) is 0 Å². The first kappa shape index (κ1) is 23.2. The molecule has 2 aromatic rings. The fourth-order valence-corrected chi connectivity index (χ4v) is 5.01. The Morgan fingerprint density at radius 2 is 1.84 bits per heavy atom. The van der Waals surface area contributed by atoms with Crippen LogP contribution in [0.3, 0.4) is 0 Å². The van der Waals surface area contributed by atoms with Gasteiger partial charge in [-0.05, 0) is 63.0 Å². The first-order chi connectivity index (χ1) is 14.9. The molecule has 0 aliphatic carbocycles. The third kappa shape index (κ3) is 5.40. The lowest BCUT2D eigenvalue weighted by atomic mass is 10.0. The molecule has 1 fully saturated rings. The van der Waals surface area contributed by atoms with Gasteiger partial charge in [0.1, 0.15) is 6.04 Å². The summed E-state index contributed by atoms with van der Waals surface area (Å²) in [5.41, 5.74) is 8.04. The number of carbonyl (C=O) groups excluding carboxylic acids is 2. The van der Waals surface area contributed by atoms with Crippen LogP contribution in [-0.2, 0) is 11.2 Å². The summed E-state index contributed by atoms with van der Waals surface area (Å²) in [5.74, 6) is -0.354. The highest BCUT2D eigenvalue weighted by Crippen LogP contribution is 2.30. The van der Waals surface area contributed by atoms with Gasteiger partial charge in [-0.3, -0.25) is 14.5 Å². The largest absolute Gasteiger partial charge is 0.366 e. The molecule has 1 aliphatic heterocycles. The predicted molar refractivity (Wildman–Crippen MR) is 128 cm³/mol. The van der Waals surface area contributed by atoms with Crippen LogP contribution < -0.4 is 16.0 Å². The topological polar surface area (TPSA) is 78.7 Å². The molecular weight excluding hydrogens is 408 g/mol. The number of anilines is 1. The van der Waals surface area contributed by atoms with Crippen LogP contribution in [0.5, 0.6) is 0 Å². The van der Waals surface area contributed by atoms with E-state index in [0.717, 1.165) is 37.1 Å². The number of hydrogen-bond acceptors (Lipinski definition) is 5. The second-order valence-electron chi connectivity index (χ2n) is 8.19. The number of nitrogens with two attached hydrogens (primary N) is 1. The SMILES string of the molecule is CSC(CNC(=O)C1CCCN1c1ccccc1)(Cc1ccc(C(N)=O)cc1)N(C)C. The van der Waals surface area contributed by atoms with E-state index in [2.05, 4.69) is 33.5 Å². The van der Waals surface area contributed by atoms with Gasteiger partial charge in [-0.15, -0.1) is 11.8 Å². The van der Waals surface area contributed by atoms with Gasteiger partial charge in [-0.25, -0.2) is 0 Å². The average Bonchev–Trinajstić information content (AvgIpc) is 3.27. The number of thioether (sulfide) groups is 1. The van der Waals surface area contributed by atoms with E-state index in [4.69, 9.17) is 5.73 Å². The molecule has 1 aliphatic rings. The lowest BCUT2D eigenvalue weighted by Gasteiger charge is -2.39. The number of primary amides is 1. The molecule has 0 saturated carbocycles. The van der Waals surface area contributed by atoms with Crippen molar-refractivity contribution >= 4 is 29.3 Å². The van der Waals surface area contributed by atoms with Gasteiger partial charge in [0.25, 0.3) is 0 Å². The lowest BCUT2D eigenvalue weighted by Crippen LogP contribution is -2.54. The molecule has 2 unspecified atom stereocenters. The number of nitrogens with zero attached hydrogens (tertiary/aromatic N) is 2. The Morgan fingerprint density at radius 1 is 1.16 bits per heavy atom. The van der Waals surface area contributed by atoms with E-state index in [0.29, 0.717) is 12.1 Å². The molecule has 2 aromatic carbocycles. The number of carbonyl (C=O) groups is 2. The maximum Gasteiger partial charge on any atom is 0.248 e. The minimum atomic E-state index is -0.429. The van der Waals surface area contributed by atoms with Crippen molar-refractivity contribution in [2.24, 2.45) is 5.73 Å². The number of amides is 2. The zero-order valence-electron chi connectivity index (χ0n) is 18.5. The van der Waals surface area contributed by atoms with Crippen molar-refractivity contribution in [3.05, 3.63) is 65.7 Å². The predicted octanol–water partition coefficient (Wildman–Crippen LogP) is 2.73. The smallest absolute Gasteiger partial charge is 0.248 e. The third-order valence-electron chi connectivity index (χ3n) is 6.10. The second kappa shape index (κ2) is 10.2. The number of benzene rings is 2. The molecule has 3 N–H and O–H groups in total. The standard InChI is InChI=1S/C24H32N4O2S/c1-27(2)24(31-3,16-18-11-13-19(14-12-18)22(25)29)17-26-23(30)21-10-7-15-28(21)20-8-5-4-6-9-20/h4-6,8-9,11-14,21H,7,10,15-17H2,1-3H3,(H2,25,29)(H,26,30). The molecule has 31 heavy (non-hydrogen) atoms. The van der Waals surface area contributed by atoms with Crippen LogP contribution >= 0.6 is 11.8 Å². The van der Waals surface area contributed by atoms with Crippen molar-refractivity contribution in [1.82, 2.24) is 10.2 Å². The van der Waals surface area contributed by atoms with Gasteiger partial charge in [-0.1, -0.05) is 30.3 Å². The van der Waals surface area contributed by atoms with Crippen molar-refractivity contribution < 1.29 is 9.59 Å². The molecule has 7 heteroatoms. The minimum Gasteiger partial charge on any atom is -0.366 e. The fourth-order valence-electron chi connectivity index (χ4n) is 4.12. The summed E-state index contributed by atoms with van der Waals surface area (Å²) < 4.78 is 0. The zero-order chi connectivity index (χ0) is 22.4. The van der Waals surface area contributed by atoms with Gasteiger partial charge >= 0.3 is 0 Å². The summed E-state index contributed by atoms with van der Waals surface area (Å²) in [6, 6.07) is 17.4. The van der Waals surface area contributed by atoms with Crippen molar-refractivity contribution in [2.45, 2.75) is 30.2 Å². The van der Waals surface area contributed by atoms with E-state index in [9.17, 15) is 9.59 Å². The normalized spacial score (nSPS) is 18.1. The summed E-state index contributed by atoms with van der Waals surface area (Å²) in [7, 11) is 4.07. The highest BCUT2D eigenvalue weighted by atomic mass is 32.2.